The number of nitrogens with one attached hydrogen (secondary N) is 1. The average molecular weight is 355 g/mol. The van der Waals surface area contributed by atoms with Crippen LogP contribution in [0.4, 0.5) is 0 Å². The molecule has 134 valence electrons. The van der Waals surface area contributed by atoms with Gasteiger partial charge in [-0.1, -0.05) is 54.6 Å². The van der Waals surface area contributed by atoms with Crippen molar-refractivity contribution in [1.82, 2.24) is 5.32 Å². The van der Waals surface area contributed by atoms with E-state index in [0.29, 0.717) is 6.42 Å². The van der Waals surface area contributed by atoms with Crippen molar-refractivity contribution in [3.63, 3.8) is 0 Å². The summed E-state index contributed by atoms with van der Waals surface area (Å²) in [6, 6.07) is 20.8. The molecule has 1 amide bonds. The summed E-state index contributed by atoms with van der Waals surface area (Å²) in [5, 5.41) is 6.59. The fourth-order valence-corrected chi connectivity index (χ4v) is 4.33. The van der Waals surface area contributed by atoms with Crippen LogP contribution in [0.5, 0.6) is 0 Å². The molecule has 0 saturated carbocycles. The van der Waals surface area contributed by atoms with E-state index in [1.165, 1.54) is 11.1 Å². The molecule has 0 saturated heterocycles. The lowest BCUT2D eigenvalue weighted by atomic mass is 9.87. The van der Waals surface area contributed by atoms with Crippen LogP contribution in [-0.2, 0) is 17.6 Å². The molecule has 4 aromatic rings. The Bertz CT molecular complexity index is 1140. The van der Waals surface area contributed by atoms with Gasteiger partial charge in [-0.15, -0.1) is 0 Å². The number of fused-ring (bicyclic) bond motifs is 4. The monoisotopic (exact) mass is 355 g/mol. The fourth-order valence-electron chi connectivity index (χ4n) is 4.33. The molecule has 0 fully saturated rings. The van der Waals surface area contributed by atoms with Gasteiger partial charge in [0.1, 0.15) is 5.58 Å². The minimum absolute atomic E-state index is 0.0485. The van der Waals surface area contributed by atoms with Crippen molar-refractivity contribution in [3.05, 3.63) is 83.6 Å². The van der Waals surface area contributed by atoms with Crippen LogP contribution in [-0.4, -0.2) is 5.91 Å². The van der Waals surface area contributed by atoms with Crippen molar-refractivity contribution in [1.29, 1.82) is 0 Å². The standard InChI is InChI=1S/C24H21NO2/c26-23(25-21-11-5-8-16-6-1-3-9-19(16)21)14-18-15-27-22-13-12-17-7-2-4-10-20(17)24(18)22/h1-4,6-7,9-10,12-13,15,21H,5,8,11,14H2,(H,25,26)/t21-/m0/s1. The number of amides is 1. The Morgan fingerprint density at radius 3 is 2.85 bits per heavy atom. The maximum atomic E-state index is 12.8. The first kappa shape index (κ1) is 16.1. The van der Waals surface area contributed by atoms with Gasteiger partial charge < -0.3 is 9.73 Å². The van der Waals surface area contributed by atoms with Gasteiger partial charge in [0.25, 0.3) is 0 Å². The second-order valence-electron chi connectivity index (χ2n) is 7.31. The molecule has 3 heteroatoms. The highest BCUT2D eigenvalue weighted by Gasteiger charge is 2.22. The molecule has 1 heterocycles. The van der Waals surface area contributed by atoms with Crippen LogP contribution < -0.4 is 5.32 Å². The van der Waals surface area contributed by atoms with Gasteiger partial charge >= 0.3 is 0 Å². The third-order valence-corrected chi connectivity index (χ3v) is 5.60. The first-order valence-electron chi connectivity index (χ1n) is 9.54. The predicted octanol–water partition coefficient (Wildman–Crippen LogP) is 5.32. The molecule has 3 aromatic carbocycles. The van der Waals surface area contributed by atoms with E-state index < -0.39 is 0 Å². The van der Waals surface area contributed by atoms with Crippen LogP contribution in [0, 0.1) is 0 Å². The molecule has 1 aromatic heterocycles. The largest absolute Gasteiger partial charge is 0.464 e. The molecule has 1 N–H and O–H groups in total. The van der Waals surface area contributed by atoms with E-state index in [1.54, 1.807) is 6.26 Å². The Morgan fingerprint density at radius 2 is 1.89 bits per heavy atom. The summed E-state index contributed by atoms with van der Waals surface area (Å²) in [4.78, 5) is 12.8. The lowest BCUT2D eigenvalue weighted by molar-refractivity contribution is -0.121. The molecular weight excluding hydrogens is 334 g/mol. The van der Waals surface area contributed by atoms with Gasteiger partial charge in [-0.05, 0) is 47.2 Å². The predicted molar refractivity (Wildman–Crippen MR) is 108 cm³/mol. The van der Waals surface area contributed by atoms with Crippen LogP contribution in [0.15, 0.2) is 71.3 Å². The lowest BCUT2D eigenvalue weighted by Gasteiger charge is -2.26. The second-order valence-corrected chi connectivity index (χ2v) is 7.31. The first-order chi connectivity index (χ1) is 13.3. The highest BCUT2D eigenvalue weighted by Crippen LogP contribution is 2.31. The summed E-state index contributed by atoms with van der Waals surface area (Å²) in [6.07, 6.45) is 5.27. The molecule has 3 nitrogen and oxygen atoms in total. The quantitative estimate of drug-likeness (QED) is 0.540. The molecule has 0 spiro atoms. The minimum atomic E-state index is 0.0485. The summed E-state index contributed by atoms with van der Waals surface area (Å²) in [6.45, 7) is 0. The third kappa shape index (κ3) is 2.89. The van der Waals surface area contributed by atoms with Crippen molar-refractivity contribution < 1.29 is 9.21 Å². The molecule has 0 bridgehead atoms. The second kappa shape index (κ2) is 6.58. The van der Waals surface area contributed by atoms with Crippen LogP contribution in [0.3, 0.4) is 0 Å². The van der Waals surface area contributed by atoms with Crippen LogP contribution >= 0.6 is 0 Å². The lowest BCUT2D eigenvalue weighted by Crippen LogP contribution is -2.32. The maximum Gasteiger partial charge on any atom is 0.225 e. The van der Waals surface area contributed by atoms with Crippen molar-refractivity contribution in [2.45, 2.75) is 31.7 Å². The molecule has 1 aliphatic rings. The smallest absolute Gasteiger partial charge is 0.225 e. The van der Waals surface area contributed by atoms with Gasteiger partial charge in [-0.3, -0.25) is 4.79 Å². The van der Waals surface area contributed by atoms with Gasteiger partial charge in [0.05, 0.1) is 18.7 Å². The first-order valence-corrected chi connectivity index (χ1v) is 9.54. The average Bonchev–Trinajstić information content (AvgIpc) is 3.11. The number of hydrogen-bond donors (Lipinski definition) is 1. The van der Waals surface area contributed by atoms with Crippen molar-refractivity contribution >= 4 is 27.6 Å². The Labute approximate surface area is 158 Å². The van der Waals surface area contributed by atoms with Crippen LogP contribution in [0.25, 0.3) is 21.7 Å². The van der Waals surface area contributed by atoms with E-state index in [1.807, 2.05) is 18.2 Å². The number of carbonyl (C=O) groups excluding carboxylic acids is 1. The van der Waals surface area contributed by atoms with Crippen LogP contribution in [0.2, 0.25) is 0 Å². The SMILES string of the molecule is O=C(Cc1coc2ccc3ccccc3c12)N[C@H]1CCCc2ccccc21. The molecule has 5 rings (SSSR count). The number of rotatable bonds is 3. The Hall–Kier alpha value is -3.07. The van der Waals surface area contributed by atoms with E-state index in [-0.39, 0.29) is 11.9 Å². The number of benzene rings is 3. The zero-order valence-corrected chi connectivity index (χ0v) is 15.1. The highest BCUT2D eigenvalue weighted by molar-refractivity contribution is 6.08. The Morgan fingerprint density at radius 1 is 1.04 bits per heavy atom. The van der Waals surface area contributed by atoms with E-state index in [9.17, 15) is 4.79 Å². The molecule has 27 heavy (non-hydrogen) atoms. The van der Waals surface area contributed by atoms with Gasteiger partial charge in [0.15, 0.2) is 0 Å². The van der Waals surface area contributed by atoms with Crippen molar-refractivity contribution in [3.8, 4) is 0 Å². The number of hydrogen-bond acceptors (Lipinski definition) is 2. The van der Waals surface area contributed by atoms with Crippen molar-refractivity contribution in [2.24, 2.45) is 0 Å². The topological polar surface area (TPSA) is 42.2 Å². The summed E-state index contributed by atoms with van der Waals surface area (Å²) in [7, 11) is 0. The van der Waals surface area contributed by atoms with Gasteiger partial charge in [0, 0.05) is 10.9 Å². The molecule has 0 radical (unpaired) electrons. The van der Waals surface area contributed by atoms with Crippen LogP contribution in [0.1, 0.15) is 35.6 Å². The number of furan rings is 1. The zero-order chi connectivity index (χ0) is 18.2. The summed E-state index contributed by atoms with van der Waals surface area (Å²) < 4.78 is 5.72. The zero-order valence-electron chi connectivity index (χ0n) is 15.1. The van der Waals surface area contributed by atoms with Gasteiger partial charge in [0.2, 0.25) is 5.91 Å². The summed E-state index contributed by atoms with van der Waals surface area (Å²) in [5.74, 6) is 0.0485. The summed E-state index contributed by atoms with van der Waals surface area (Å²) >= 11 is 0. The minimum Gasteiger partial charge on any atom is -0.464 e. The Balaban J connectivity index is 1.43. The number of aryl methyl sites for hydroxylation is 1. The third-order valence-electron chi connectivity index (χ3n) is 5.60. The van der Waals surface area contributed by atoms with E-state index in [0.717, 1.165) is 46.6 Å². The fraction of sp³-hybridized carbons (Fsp3) is 0.208. The highest BCUT2D eigenvalue weighted by atomic mass is 16.3. The molecule has 0 aliphatic heterocycles. The molecule has 1 atom stereocenters. The summed E-state index contributed by atoms with van der Waals surface area (Å²) in [5.41, 5.74) is 4.40. The molecule has 0 unspecified atom stereocenters. The van der Waals surface area contributed by atoms with E-state index in [4.69, 9.17) is 4.42 Å². The van der Waals surface area contributed by atoms with Gasteiger partial charge in [-0.25, -0.2) is 0 Å². The normalized spacial score (nSPS) is 16.4. The number of carbonyl (C=O) groups is 1. The van der Waals surface area contributed by atoms with E-state index >= 15 is 0 Å². The molecule has 1 aliphatic carbocycles. The van der Waals surface area contributed by atoms with Crippen molar-refractivity contribution in [2.75, 3.05) is 0 Å². The Kier molecular flexibility index (Phi) is 3.93. The maximum absolute atomic E-state index is 12.8. The van der Waals surface area contributed by atoms with Gasteiger partial charge in [-0.2, -0.15) is 0 Å². The molecular formula is C24H21NO2. The van der Waals surface area contributed by atoms with E-state index in [2.05, 4.69) is 47.8 Å².